The maximum absolute atomic E-state index is 12.8. The summed E-state index contributed by atoms with van der Waals surface area (Å²) in [5.41, 5.74) is 3.27. The fourth-order valence-electron chi connectivity index (χ4n) is 3.51. The van der Waals surface area contributed by atoms with Gasteiger partial charge in [-0.1, -0.05) is 23.5 Å². The van der Waals surface area contributed by atoms with Crippen LogP contribution in [0.15, 0.2) is 36.5 Å². The van der Waals surface area contributed by atoms with Gasteiger partial charge in [-0.05, 0) is 50.1 Å². The van der Waals surface area contributed by atoms with Crippen LogP contribution in [0, 0.1) is 13.8 Å². The van der Waals surface area contributed by atoms with Crippen molar-refractivity contribution in [1.29, 1.82) is 0 Å². The molecule has 3 heterocycles. The number of hydrogen-bond acceptors (Lipinski definition) is 5. The summed E-state index contributed by atoms with van der Waals surface area (Å²) in [5, 5.41) is 3.63. The Balaban J connectivity index is 1.44. The van der Waals surface area contributed by atoms with Crippen LogP contribution in [-0.4, -0.2) is 46.6 Å². The lowest BCUT2D eigenvalue weighted by molar-refractivity contribution is 0.184. The third-order valence-corrected chi connectivity index (χ3v) is 5.86. The predicted octanol–water partition coefficient (Wildman–Crippen LogP) is 4.05. The molecule has 2 aromatic heterocycles. The summed E-state index contributed by atoms with van der Waals surface area (Å²) in [7, 11) is 0. The molecule has 0 spiro atoms. The monoisotopic (exact) mass is 381 g/mol. The average molecular weight is 382 g/mol. The Bertz CT molecular complexity index is 985. The molecule has 0 unspecified atom stereocenters. The highest BCUT2D eigenvalue weighted by molar-refractivity contribution is 7.22. The molecule has 1 atom stereocenters. The van der Waals surface area contributed by atoms with E-state index in [1.54, 1.807) is 0 Å². The van der Waals surface area contributed by atoms with Crippen molar-refractivity contribution >= 4 is 38.5 Å². The van der Waals surface area contributed by atoms with Gasteiger partial charge >= 0.3 is 6.03 Å². The van der Waals surface area contributed by atoms with Crippen molar-refractivity contribution in [2.75, 3.05) is 29.9 Å². The molecule has 27 heavy (non-hydrogen) atoms. The summed E-state index contributed by atoms with van der Waals surface area (Å²) in [6.07, 6.45) is 1.82. The highest BCUT2D eigenvalue weighted by atomic mass is 32.1. The smallest absolute Gasteiger partial charge is 0.324 e. The molecule has 1 N–H and O–H groups in total. The number of nitrogens with one attached hydrogen (secondary N) is 1. The van der Waals surface area contributed by atoms with Crippen molar-refractivity contribution in [1.82, 2.24) is 14.9 Å². The maximum atomic E-state index is 12.8. The number of amides is 2. The van der Waals surface area contributed by atoms with Gasteiger partial charge in [0, 0.05) is 31.9 Å². The Morgan fingerprint density at radius 3 is 2.89 bits per heavy atom. The third-order valence-electron chi connectivity index (χ3n) is 4.93. The Hall–Kier alpha value is -2.67. The molecule has 4 rings (SSSR count). The molecule has 0 bridgehead atoms. The van der Waals surface area contributed by atoms with Gasteiger partial charge in [0.25, 0.3) is 0 Å². The highest BCUT2D eigenvalue weighted by Gasteiger charge is 2.29. The molecule has 140 valence electrons. The second-order valence-electron chi connectivity index (χ2n) is 7.05. The molecule has 6 nitrogen and oxygen atoms in total. The van der Waals surface area contributed by atoms with Gasteiger partial charge in [-0.15, -0.1) is 0 Å². The SMILES string of the molecule is Cc1ccc2nc(NC(=O)N3CCN(c4ncccc4C)C[C@H]3C)sc2c1. The number of piperazine rings is 1. The lowest BCUT2D eigenvalue weighted by Crippen LogP contribution is -2.55. The number of urea groups is 1. The van der Waals surface area contributed by atoms with Gasteiger partial charge in [0.05, 0.1) is 10.2 Å². The van der Waals surface area contributed by atoms with Gasteiger partial charge < -0.3 is 9.80 Å². The topological polar surface area (TPSA) is 61.4 Å². The molecule has 3 aromatic rings. The molecule has 1 saturated heterocycles. The van der Waals surface area contributed by atoms with E-state index in [9.17, 15) is 4.79 Å². The van der Waals surface area contributed by atoms with Crippen molar-refractivity contribution in [2.24, 2.45) is 0 Å². The maximum Gasteiger partial charge on any atom is 0.324 e. The Labute approximate surface area is 162 Å². The molecule has 7 heteroatoms. The molecule has 0 radical (unpaired) electrons. The van der Waals surface area contributed by atoms with E-state index in [1.807, 2.05) is 29.3 Å². The number of aryl methyl sites for hydroxylation is 2. The molecule has 0 saturated carbocycles. The summed E-state index contributed by atoms with van der Waals surface area (Å²) >= 11 is 1.51. The van der Waals surface area contributed by atoms with Gasteiger partial charge in [0.2, 0.25) is 0 Å². The molecule has 1 fully saturated rings. The van der Waals surface area contributed by atoms with Crippen LogP contribution in [0.25, 0.3) is 10.2 Å². The minimum atomic E-state index is -0.0873. The number of hydrogen-bond donors (Lipinski definition) is 1. The Morgan fingerprint density at radius 1 is 1.26 bits per heavy atom. The van der Waals surface area contributed by atoms with Crippen LogP contribution in [0.5, 0.6) is 0 Å². The van der Waals surface area contributed by atoms with Crippen molar-refractivity contribution < 1.29 is 4.79 Å². The fraction of sp³-hybridized carbons (Fsp3) is 0.350. The number of anilines is 2. The molecular weight excluding hydrogens is 358 g/mol. The quantitative estimate of drug-likeness (QED) is 0.727. The fourth-order valence-corrected chi connectivity index (χ4v) is 4.46. The van der Waals surface area contributed by atoms with Gasteiger partial charge in [-0.25, -0.2) is 14.8 Å². The second kappa shape index (κ2) is 7.15. The summed E-state index contributed by atoms with van der Waals surface area (Å²) in [6.45, 7) is 8.40. The van der Waals surface area contributed by atoms with Crippen LogP contribution in [0.1, 0.15) is 18.1 Å². The number of nitrogens with zero attached hydrogens (tertiary/aromatic N) is 4. The van der Waals surface area contributed by atoms with Gasteiger partial charge in [-0.2, -0.15) is 0 Å². The van der Waals surface area contributed by atoms with Crippen molar-refractivity contribution in [3.63, 3.8) is 0 Å². The molecule has 0 aliphatic carbocycles. The van der Waals surface area contributed by atoms with E-state index < -0.39 is 0 Å². The van der Waals surface area contributed by atoms with Crippen LogP contribution < -0.4 is 10.2 Å². The summed E-state index contributed by atoms with van der Waals surface area (Å²) in [4.78, 5) is 25.9. The number of benzene rings is 1. The number of carbonyl (C=O) groups is 1. The summed E-state index contributed by atoms with van der Waals surface area (Å²) in [6, 6.07) is 10.2. The first-order chi connectivity index (χ1) is 13.0. The minimum Gasteiger partial charge on any atom is -0.353 e. The third kappa shape index (κ3) is 3.60. The van der Waals surface area contributed by atoms with E-state index in [0.717, 1.165) is 34.7 Å². The number of fused-ring (bicyclic) bond motifs is 1. The predicted molar refractivity (Wildman–Crippen MR) is 111 cm³/mol. The standard InChI is InChI=1S/C20H23N5OS/c1-13-6-7-16-17(11-13)27-19(22-16)23-20(26)25-10-9-24(12-15(25)3)18-14(2)5-4-8-21-18/h4-8,11,15H,9-10,12H2,1-3H3,(H,22,23,26)/t15-/m1/s1. The number of aromatic nitrogens is 2. The van der Waals surface area contributed by atoms with Crippen molar-refractivity contribution in [3.8, 4) is 0 Å². The molecule has 1 aliphatic heterocycles. The molecule has 1 aromatic carbocycles. The average Bonchev–Trinajstić information content (AvgIpc) is 3.03. The lowest BCUT2D eigenvalue weighted by atomic mass is 10.1. The number of pyridine rings is 1. The van der Waals surface area contributed by atoms with Gasteiger partial charge in [-0.3, -0.25) is 5.32 Å². The van der Waals surface area contributed by atoms with E-state index in [0.29, 0.717) is 11.7 Å². The van der Waals surface area contributed by atoms with Crippen molar-refractivity contribution in [2.45, 2.75) is 26.8 Å². The summed E-state index contributed by atoms with van der Waals surface area (Å²) < 4.78 is 1.09. The minimum absolute atomic E-state index is 0.0873. The number of rotatable bonds is 2. The Kier molecular flexibility index (Phi) is 4.70. The highest BCUT2D eigenvalue weighted by Crippen LogP contribution is 2.27. The van der Waals surface area contributed by atoms with Crippen LogP contribution in [0.2, 0.25) is 0 Å². The van der Waals surface area contributed by atoms with Crippen LogP contribution >= 0.6 is 11.3 Å². The van der Waals surface area contributed by atoms with Gasteiger partial charge in [0.15, 0.2) is 5.13 Å². The van der Waals surface area contributed by atoms with E-state index in [4.69, 9.17) is 0 Å². The second-order valence-corrected chi connectivity index (χ2v) is 8.08. The summed E-state index contributed by atoms with van der Waals surface area (Å²) in [5.74, 6) is 1.01. The van der Waals surface area contributed by atoms with Crippen molar-refractivity contribution in [3.05, 3.63) is 47.7 Å². The first kappa shape index (κ1) is 17.7. The van der Waals surface area contributed by atoms with E-state index in [2.05, 4.69) is 53.1 Å². The van der Waals surface area contributed by atoms with Gasteiger partial charge in [0.1, 0.15) is 5.82 Å². The van der Waals surface area contributed by atoms with E-state index in [1.165, 1.54) is 16.9 Å². The lowest BCUT2D eigenvalue weighted by Gasteiger charge is -2.40. The van der Waals surface area contributed by atoms with Crippen LogP contribution in [0.4, 0.5) is 15.7 Å². The van der Waals surface area contributed by atoms with Crippen LogP contribution in [0.3, 0.4) is 0 Å². The number of carbonyl (C=O) groups excluding carboxylic acids is 1. The zero-order valence-electron chi connectivity index (χ0n) is 15.8. The normalized spacial score (nSPS) is 17.4. The molecule has 2 amide bonds. The first-order valence-electron chi connectivity index (χ1n) is 9.12. The zero-order chi connectivity index (χ0) is 19.0. The Morgan fingerprint density at radius 2 is 2.11 bits per heavy atom. The van der Waals surface area contributed by atoms with E-state index >= 15 is 0 Å². The molecular formula is C20H23N5OS. The zero-order valence-corrected chi connectivity index (χ0v) is 16.6. The van der Waals surface area contributed by atoms with Crippen LogP contribution in [-0.2, 0) is 0 Å². The first-order valence-corrected chi connectivity index (χ1v) is 9.94. The van der Waals surface area contributed by atoms with E-state index in [-0.39, 0.29) is 12.1 Å². The largest absolute Gasteiger partial charge is 0.353 e. The number of thiazole rings is 1. The molecule has 1 aliphatic rings.